The Hall–Kier alpha value is -1.58. The summed E-state index contributed by atoms with van der Waals surface area (Å²) < 4.78 is 14.0. The predicted octanol–water partition coefficient (Wildman–Crippen LogP) is 4.84. The Balaban J connectivity index is 0.00000225. The van der Waals surface area contributed by atoms with Crippen LogP contribution in [0.25, 0.3) is 0 Å². The smallest absolute Gasteiger partial charge is 0.168 e. The van der Waals surface area contributed by atoms with Crippen LogP contribution in [0, 0.1) is 11.7 Å². The highest BCUT2D eigenvalue weighted by Gasteiger charge is 2.21. The van der Waals surface area contributed by atoms with Crippen LogP contribution in [0.2, 0.25) is 0 Å². The Kier molecular flexibility index (Phi) is 7.73. The molecule has 1 saturated carbocycles. The van der Waals surface area contributed by atoms with E-state index in [9.17, 15) is 9.50 Å². The van der Waals surface area contributed by atoms with Crippen LogP contribution in [0.3, 0.4) is 0 Å². The molecule has 0 aromatic heterocycles. The number of hydrogen-bond acceptors (Lipinski definition) is 2. The first-order chi connectivity index (χ1) is 11.7. The van der Waals surface area contributed by atoms with Gasteiger partial charge in [-0.3, -0.25) is 0 Å². The van der Waals surface area contributed by atoms with Crippen molar-refractivity contribution in [2.24, 2.45) is 5.92 Å². The van der Waals surface area contributed by atoms with Crippen LogP contribution in [0.1, 0.15) is 30.4 Å². The largest absolute Gasteiger partial charge is 0.505 e. The molecule has 4 heteroatoms. The summed E-state index contributed by atoms with van der Waals surface area (Å²) in [5, 5.41) is 9.52. The molecule has 0 aliphatic heterocycles. The van der Waals surface area contributed by atoms with Gasteiger partial charge >= 0.3 is 0 Å². The fourth-order valence-corrected chi connectivity index (χ4v) is 3.30. The van der Waals surface area contributed by atoms with E-state index in [4.69, 9.17) is 0 Å². The lowest BCUT2D eigenvalue weighted by molar-refractivity contribution is 0.180. The topological polar surface area (TPSA) is 23.5 Å². The van der Waals surface area contributed by atoms with E-state index >= 15 is 0 Å². The Labute approximate surface area is 156 Å². The van der Waals surface area contributed by atoms with Crippen molar-refractivity contribution in [2.45, 2.75) is 32.1 Å². The molecule has 0 amide bonds. The molecule has 1 fully saturated rings. The van der Waals surface area contributed by atoms with Gasteiger partial charge in [0.2, 0.25) is 0 Å². The molecule has 1 aliphatic rings. The highest BCUT2D eigenvalue weighted by atomic mass is 35.5. The Morgan fingerprint density at radius 1 is 0.960 bits per heavy atom. The fraction of sp³-hybridized carbons (Fsp3) is 0.429. The molecule has 3 rings (SSSR count). The number of hydrogen-bond donors (Lipinski definition) is 1. The molecular formula is C21H27ClFNO. The van der Waals surface area contributed by atoms with E-state index in [1.807, 2.05) is 6.07 Å². The van der Waals surface area contributed by atoms with Crippen molar-refractivity contribution in [1.29, 1.82) is 0 Å². The van der Waals surface area contributed by atoms with Gasteiger partial charge in [0.25, 0.3) is 0 Å². The minimum Gasteiger partial charge on any atom is -0.505 e. The molecule has 1 aliphatic carbocycles. The van der Waals surface area contributed by atoms with Gasteiger partial charge in [-0.1, -0.05) is 48.9 Å². The van der Waals surface area contributed by atoms with Crippen LogP contribution < -0.4 is 0 Å². The van der Waals surface area contributed by atoms with Crippen LogP contribution >= 0.6 is 12.4 Å². The second-order valence-corrected chi connectivity index (χ2v) is 6.83. The molecule has 2 nitrogen and oxygen atoms in total. The summed E-state index contributed by atoms with van der Waals surface area (Å²) in [5.41, 5.74) is 1.95. The van der Waals surface area contributed by atoms with Crippen molar-refractivity contribution < 1.29 is 9.50 Å². The van der Waals surface area contributed by atoms with Crippen LogP contribution in [-0.4, -0.2) is 29.6 Å². The molecule has 1 N–H and O–H groups in total. The quantitative estimate of drug-likeness (QED) is 0.725. The fourth-order valence-electron chi connectivity index (χ4n) is 3.30. The molecule has 0 radical (unpaired) electrons. The highest BCUT2D eigenvalue weighted by molar-refractivity contribution is 5.85. The van der Waals surface area contributed by atoms with E-state index < -0.39 is 5.82 Å². The summed E-state index contributed by atoms with van der Waals surface area (Å²) in [7, 11) is 0. The van der Waals surface area contributed by atoms with Gasteiger partial charge in [0, 0.05) is 19.6 Å². The number of nitrogens with zero attached hydrogens (tertiary/aromatic N) is 1. The van der Waals surface area contributed by atoms with Crippen molar-refractivity contribution in [2.75, 3.05) is 19.6 Å². The standard InChI is InChI=1S/C21H26FNO.ClH/c22-21-19(10-5-11-20(21)24)13-15-23(16-18-8-4-9-18)14-12-17-6-2-1-3-7-17;/h1-3,5-7,10-11,18,24H,4,8-9,12-16H2;1H. The number of phenolic OH excluding ortho intramolecular Hbond substituents is 1. The van der Waals surface area contributed by atoms with Crippen LogP contribution in [0.4, 0.5) is 4.39 Å². The van der Waals surface area contributed by atoms with E-state index in [1.165, 1.54) is 30.9 Å². The molecule has 0 heterocycles. The molecule has 0 bridgehead atoms. The van der Waals surface area contributed by atoms with E-state index in [1.54, 1.807) is 12.1 Å². The monoisotopic (exact) mass is 363 g/mol. The Morgan fingerprint density at radius 3 is 2.36 bits per heavy atom. The minimum absolute atomic E-state index is 0. The minimum atomic E-state index is -0.468. The third-order valence-electron chi connectivity index (χ3n) is 5.06. The highest BCUT2D eigenvalue weighted by Crippen LogP contribution is 2.27. The van der Waals surface area contributed by atoms with Crippen LogP contribution in [-0.2, 0) is 12.8 Å². The number of halogens is 2. The second kappa shape index (κ2) is 9.79. The summed E-state index contributed by atoms with van der Waals surface area (Å²) in [6.07, 6.45) is 5.65. The number of aromatic hydroxyl groups is 1. The third-order valence-corrected chi connectivity index (χ3v) is 5.06. The summed E-state index contributed by atoms with van der Waals surface area (Å²) in [5.74, 6) is 0.0845. The van der Waals surface area contributed by atoms with Crippen molar-refractivity contribution in [3.05, 3.63) is 65.5 Å². The van der Waals surface area contributed by atoms with Crippen molar-refractivity contribution in [3.8, 4) is 5.75 Å². The first-order valence-electron chi connectivity index (χ1n) is 8.95. The molecule has 0 saturated heterocycles. The maximum Gasteiger partial charge on any atom is 0.168 e. The van der Waals surface area contributed by atoms with Gasteiger partial charge in [-0.2, -0.15) is 0 Å². The van der Waals surface area contributed by atoms with Gasteiger partial charge in [0.1, 0.15) is 0 Å². The summed E-state index contributed by atoms with van der Waals surface area (Å²) >= 11 is 0. The van der Waals surface area contributed by atoms with E-state index in [-0.39, 0.29) is 18.2 Å². The van der Waals surface area contributed by atoms with Gasteiger partial charge in [-0.25, -0.2) is 4.39 Å². The zero-order valence-electron chi connectivity index (χ0n) is 14.5. The number of benzene rings is 2. The zero-order valence-corrected chi connectivity index (χ0v) is 15.4. The van der Waals surface area contributed by atoms with Crippen LogP contribution in [0.5, 0.6) is 5.75 Å². The van der Waals surface area contributed by atoms with Crippen molar-refractivity contribution >= 4 is 12.4 Å². The first-order valence-corrected chi connectivity index (χ1v) is 8.95. The van der Waals surface area contributed by atoms with Gasteiger partial charge in [-0.15, -0.1) is 12.4 Å². The normalized spacial score (nSPS) is 14.2. The van der Waals surface area contributed by atoms with Gasteiger partial charge in [0.05, 0.1) is 0 Å². The first kappa shape index (κ1) is 19.7. The lowest BCUT2D eigenvalue weighted by Gasteiger charge is -2.32. The zero-order chi connectivity index (χ0) is 16.8. The van der Waals surface area contributed by atoms with Crippen LogP contribution in [0.15, 0.2) is 48.5 Å². The molecule has 2 aromatic rings. The molecule has 0 unspecified atom stereocenters. The summed E-state index contributed by atoms with van der Waals surface area (Å²) in [6.45, 7) is 2.94. The van der Waals surface area contributed by atoms with E-state index in [2.05, 4.69) is 29.2 Å². The maximum atomic E-state index is 14.0. The lowest BCUT2D eigenvalue weighted by Crippen LogP contribution is -2.35. The van der Waals surface area contributed by atoms with Gasteiger partial charge in [0.15, 0.2) is 11.6 Å². The molecular weight excluding hydrogens is 337 g/mol. The summed E-state index contributed by atoms with van der Waals surface area (Å²) in [6, 6.07) is 15.4. The molecule has 25 heavy (non-hydrogen) atoms. The van der Waals surface area contributed by atoms with E-state index in [0.717, 1.165) is 32.0 Å². The summed E-state index contributed by atoms with van der Waals surface area (Å²) in [4.78, 5) is 2.46. The molecule has 136 valence electrons. The van der Waals surface area contributed by atoms with Crippen molar-refractivity contribution in [1.82, 2.24) is 4.90 Å². The SMILES string of the molecule is Cl.Oc1cccc(CCN(CCc2ccccc2)CC2CCC2)c1F. The lowest BCUT2D eigenvalue weighted by atomic mass is 9.85. The maximum absolute atomic E-state index is 14.0. The Bertz CT molecular complexity index is 646. The van der Waals surface area contributed by atoms with Crippen molar-refractivity contribution in [3.63, 3.8) is 0 Å². The average Bonchev–Trinajstić information content (AvgIpc) is 2.57. The predicted molar refractivity (Wildman–Crippen MR) is 103 cm³/mol. The van der Waals surface area contributed by atoms with Gasteiger partial charge < -0.3 is 10.0 Å². The molecule has 2 aromatic carbocycles. The Morgan fingerprint density at radius 2 is 1.68 bits per heavy atom. The third kappa shape index (κ3) is 5.72. The van der Waals surface area contributed by atoms with E-state index in [0.29, 0.717) is 12.0 Å². The second-order valence-electron chi connectivity index (χ2n) is 6.83. The molecule has 0 atom stereocenters. The number of rotatable bonds is 8. The average molecular weight is 364 g/mol. The number of phenols is 1. The van der Waals surface area contributed by atoms with Gasteiger partial charge in [-0.05, 0) is 48.8 Å². The molecule has 0 spiro atoms.